The van der Waals surface area contributed by atoms with Crippen LogP contribution in [0, 0.1) is 0 Å². The van der Waals surface area contributed by atoms with Gasteiger partial charge in [0.15, 0.2) is 0 Å². The van der Waals surface area contributed by atoms with Gasteiger partial charge in [0, 0.05) is 6.04 Å². The maximum Gasteiger partial charge on any atom is 0.00763 e. The molecule has 1 heteroatoms. The quantitative estimate of drug-likeness (QED) is 0.802. The monoisotopic (exact) mass is 215 g/mol. The van der Waals surface area contributed by atoms with Crippen LogP contribution in [0.4, 0.5) is 0 Å². The van der Waals surface area contributed by atoms with Gasteiger partial charge in [0.1, 0.15) is 0 Å². The van der Waals surface area contributed by atoms with E-state index in [1.54, 1.807) is 0 Å². The number of hydrogen-bond donors (Lipinski definition) is 1. The summed E-state index contributed by atoms with van der Waals surface area (Å²) < 4.78 is 0. The fraction of sp³-hybridized carbons (Fsp3) is 0.467. The second-order valence-corrected chi connectivity index (χ2v) is 4.75. The van der Waals surface area contributed by atoms with Crippen LogP contribution in [0.2, 0.25) is 0 Å². The second kappa shape index (κ2) is 5.31. The summed E-state index contributed by atoms with van der Waals surface area (Å²) >= 11 is 0. The van der Waals surface area contributed by atoms with E-state index in [4.69, 9.17) is 5.73 Å². The second-order valence-electron chi connectivity index (χ2n) is 4.75. The highest BCUT2D eigenvalue weighted by atomic mass is 14.6. The lowest BCUT2D eigenvalue weighted by Gasteiger charge is -2.20. The molecule has 86 valence electrons. The van der Waals surface area contributed by atoms with E-state index in [0.29, 0.717) is 6.04 Å². The molecule has 1 nitrogen and oxygen atoms in total. The zero-order chi connectivity index (χ0) is 11.4. The predicted molar refractivity (Wildman–Crippen MR) is 70.2 cm³/mol. The van der Waals surface area contributed by atoms with Crippen LogP contribution in [0.3, 0.4) is 0 Å². The molecule has 1 aliphatic rings. The number of rotatable bonds is 2. The van der Waals surface area contributed by atoms with Crippen LogP contribution in [0.1, 0.15) is 43.7 Å². The van der Waals surface area contributed by atoms with Crippen molar-refractivity contribution in [2.24, 2.45) is 5.73 Å². The number of hydrogen-bond acceptors (Lipinski definition) is 1. The molecular weight excluding hydrogens is 194 g/mol. The Hall–Kier alpha value is -1.08. The van der Waals surface area contributed by atoms with Crippen molar-refractivity contribution in [3.8, 4) is 0 Å². The maximum absolute atomic E-state index is 5.98. The van der Waals surface area contributed by atoms with Crippen molar-refractivity contribution < 1.29 is 0 Å². The molecule has 1 aliphatic carbocycles. The first-order valence-corrected chi connectivity index (χ1v) is 6.32. The summed E-state index contributed by atoms with van der Waals surface area (Å²) in [5, 5.41) is 0. The van der Waals surface area contributed by atoms with E-state index in [-0.39, 0.29) is 0 Å². The van der Waals surface area contributed by atoms with E-state index in [0.717, 1.165) is 12.8 Å². The Balaban J connectivity index is 2.09. The summed E-state index contributed by atoms with van der Waals surface area (Å²) in [6.07, 6.45) is 8.17. The van der Waals surface area contributed by atoms with Crippen molar-refractivity contribution in [3.63, 3.8) is 0 Å². The molecule has 1 aromatic carbocycles. The average molecular weight is 215 g/mol. The smallest absolute Gasteiger partial charge is 0.00763 e. The van der Waals surface area contributed by atoms with Gasteiger partial charge in [-0.1, -0.05) is 42.8 Å². The SMILES string of the molecule is CCc1ccc(C=C2CCCC(N)C2)cc1. The zero-order valence-corrected chi connectivity index (χ0v) is 10.1. The van der Waals surface area contributed by atoms with Gasteiger partial charge in [0.05, 0.1) is 0 Å². The fourth-order valence-corrected chi connectivity index (χ4v) is 2.35. The summed E-state index contributed by atoms with van der Waals surface area (Å²) in [5.41, 5.74) is 10.2. The van der Waals surface area contributed by atoms with E-state index < -0.39 is 0 Å². The number of aryl methyl sites for hydroxylation is 1. The molecule has 1 atom stereocenters. The van der Waals surface area contributed by atoms with Gasteiger partial charge in [-0.2, -0.15) is 0 Å². The standard InChI is InChI=1S/C15H21N/c1-2-12-6-8-13(9-7-12)10-14-4-3-5-15(16)11-14/h6-10,15H,2-5,11,16H2,1H3. The molecule has 0 aliphatic heterocycles. The van der Waals surface area contributed by atoms with Gasteiger partial charge >= 0.3 is 0 Å². The van der Waals surface area contributed by atoms with Crippen molar-refractivity contribution >= 4 is 6.08 Å². The lowest BCUT2D eigenvalue weighted by molar-refractivity contribution is 0.520. The van der Waals surface area contributed by atoms with Crippen LogP contribution in [-0.2, 0) is 6.42 Å². The summed E-state index contributed by atoms with van der Waals surface area (Å²) in [7, 11) is 0. The van der Waals surface area contributed by atoms with Gasteiger partial charge < -0.3 is 5.73 Å². The van der Waals surface area contributed by atoms with Gasteiger partial charge in [-0.3, -0.25) is 0 Å². The third-order valence-electron chi connectivity index (χ3n) is 3.36. The van der Waals surface area contributed by atoms with Crippen molar-refractivity contribution in [1.82, 2.24) is 0 Å². The van der Waals surface area contributed by atoms with E-state index in [1.165, 1.54) is 36.0 Å². The Bertz CT molecular complexity index is 362. The molecule has 2 N–H and O–H groups in total. The van der Waals surface area contributed by atoms with Crippen LogP contribution in [0.5, 0.6) is 0 Å². The molecule has 1 saturated carbocycles. The minimum Gasteiger partial charge on any atom is -0.327 e. The van der Waals surface area contributed by atoms with E-state index in [2.05, 4.69) is 37.3 Å². The molecule has 0 radical (unpaired) electrons. The Kier molecular flexibility index (Phi) is 3.79. The van der Waals surface area contributed by atoms with Gasteiger partial charge in [-0.05, 0) is 43.2 Å². The van der Waals surface area contributed by atoms with Gasteiger partial charge in [0.25, 0.3) is 0 Å². The van der Waals surface area contributed by atoms with Crippen LogP contribution in [-0.4, -0.2) is 6.04 Å². The predicted octanol–water partition coefficient (Wildman–Crippen LogP) is 3.53. The normalized spacial score (nSPS) is 23.6. The van der Waals surface area contributed by atoms with Crippen molar-refractivity contribution in [1.29, 1.82) is 0 Å². The molecule has 2 rings (SSSR count). The van der Waals surface area contributed by atoms with Crippen LogP contribution >= 0.6 is 0 Å². The minimum absolute atomic E-state index is 0.384. The molecule has 1 fully saturated rings. The highest BCUT2D eigenvalue weighted by Crippen LogP contribution is 2.24. The lowest BCUT2D eigenvalue weighted by Crippen LogP contribution is -2.23. The molecule has 0 spiro atoms. The van der Waals surface area contributed by atoms with Crippen molar-refractivity contribution in [2.45, 2.75) is 45.1 Å². The van der Waals surface area contributed by atoms with E-state index in [9.17, 15) is 0 Å². The molecule has 0 heterocycles. The molecule has 0 aromatic heterocycles. The summed E-state index contributed by atoms with van der Waals surface area (Å²) in [4.78, 5) is 0. The van der Waals surface area contributed by atoms with Gasteiger partial charge in [0.2, 0.25) is 0 Å². The Morgan fingerprint density at radius 1 is 1.31 bits per heavy atom. The maximum atomic E-state index is 5.98. The first-order valence-electron chi connectivity index (χ1n) is 6.32. The molecule has 0 saturated heterocycles. The Labute approximate surface area is 98.4 Å². The lowest BCUT2D eigenvalue weighted by atomic mass is 9.90. The fourth-order valence-electron chi connectivity index (χ4n) is 2.35. The Morgan fingerprint density at radius 3 is 2.69 bits per heavy atom. The van der Waals surface area contributed by atoms with Crippen LogP contribution < -0.4 is 5.73 Å². The first-order chi connectivity index (χ1) is 7.78. The third-order valence-corrected chi connectivity index (χ3v) is 3.36. The largest absolute Gasteiger partial charge is 0.327 e. The van der Waals surface area contributed by atoms with E-state index in [1.807, 2.05) is 0 Å². The van der Waals surface area contributed by atoms with Crippen LogP contribution in [0.25, 0.3) is 6.08 Å². The molecule has 0 amide bonds. The van der Waals surface area contributed by atoms with Gasteiger partial charge in [-0.15, -0.1) is 0 Å². The molecule has 1 unspecified atom stereocenters. The topological polar surface area (TPSA) is 26.0 Å². The molecular formula is C15H21N. The zero-order valence-electron chi connectivity index (χ0n) is 10.1. The third kappa shape index (κ3) is 2.96. The summed E-state index contributed by atoms with van der Waals surface area (Å²) in [5.74, 6) is 0. The highest BCUT2D eigenvalue weighted by molar-refractivity contribution is 5.53. The van der Waals surface area contributed by atoms with Crippen molar-refractivity contribution in [2.75, 3.05) is 0 Å². The number of benzene rings is 1. The Morgan fingerprint density at radius 2 is 2.06 bits per heavy atom. The van der Waals surface area contributed by atoms with Crippen molar-refractivity contribution in [3.05, 3.63) is 41.0 Å². The van der Waals surface area contributed by atoms with Crippen LogP contribution in [0.15, 0.2) is 29.8 Å². The minimum atomic E-state index is 0.384. The van der Waals surface area contributed by atoms with Gasteiger partial charge in [-0.25, -0.2) is 0 Å². The average Bonchev–Trinajstić information content (AvgIpc) is 2.30. The van der Waals surface area contributed by atoms with E-state index >= 15 is 0 Å². The number of nitrogens with two attached hydrogens (primary N) is 1. The molecule has 0 bridgehead atoms. The highest BCUT2D eigenvalue weighted by Gasteiger charge is 2.12. The molecule has 16 heavy (non-hydrogen) atoms. The first kappa shape index (κ1) is 11.4. The summed E-state index contributed by atoms with van der Waals surface area (Å²) in [6, 6.07) is 9.25. The molecule has 1 aromatic rings. The summed E-state index contributed by atoms with van der Waals surface area (Å²) in [6.45, 7) is 2.19.